The molecule has 1 atom stereocenters. The van der Waals surface area contributed by atoms with Gasteiger partial charge in [0.1, 0.15) is 11.6 Å². The van der Waals surface area contributed by atoms with E-state index in [9.17, 15) is 9.18 Å². The third kappa shape index (κ3) is 5.12. The van der Waals surface area contributed by atoms with Gasteiger partial charge in [-0.05, 0) is 25.1 Å². The minimum absolute atomic E-state index is 0.153. The van der Waals surface area contributed by atoms with E-state index in [2.05, 4.69) is 15.5 Å². The average Bonchev–Trinajstić information content (AvgIpc) is 2.51. The van der Waals surface area contributed by atoms with Gasteiger partial charge in [-0.25, -0.2) is 4.39 Å². The van der Waals surface area contributed by atoms with E-state index >= 15 is 0 Å². The van der Waals surface area contributed by atoms with Crippen molar-refractivity contribution in [3.63, 3.8) is 0 Å². The lowest BCUT2D eigenvalue weighted by atomic mass is 10.3. The highest BCUT2D eigenvalue weighted by molar-refractivity contribution is 6.32. The molecule has 0 aliphatic carbocycles. The van der Waals surface area contributed by atoms with Crippen molar-refractivity contribution in [1.29, 1.82) is 0 Å². The summed E-state index contributed by atoms with van der Waals surface area (Å²) in [6.45, 7) is 6.98. The minimum Gasteiger partial charge on any atom is -0.479 e. The van der Waals surface area contributed by atoms with Crippen molar-refractivity contribution in [2.24, 2.45) is 0 Å². The molecule has 0 radical (unpaired) electrons. The van der Waals surface area contributed by atoms with Crippen LogP contribution in [-0.4, -0.2) is 56.2 Å². The summed E-state index contributed by atoms with van der Waals surface area (Å²) in [4.78, 5) is 14.3. The number of nitrogens with one attached hydrogen (secondary N) is 2. The predicted octanol–water partition coefficient (Wildman–Crippen LogP) is 1.27. The van der Waals surface area contributed by atoms with Crippen molar-refractivity contribution < 1.29 is 13.9 Å². The fourth-order valence-corrected chi connectivity index (χ4v) is 2.44. The molecule has 1 saturated heterocycles. The lowest BCUT2D eigenvalue weighted by molar-refractivity contribution is -0.127. The molecule has 7 heteroatoms. The summed E-state index contributed by atoms with van der Waals surface area (Å²) in [6.07, 6.45) is -0.689. The van der Waals surface area contributed by atoms with Crippen LogP contribution >= 0.6 is 11.6 Å². The zero-order chi connectivity index (χ0) is 15.9. The number of halogens is 2. The van der Waals surface area contributed by atoms with Crippen LogP contribution in [0.15, 0.2) is 18.2 Å². The fourth-order valence-electron chi connectivity index (χ4n) is 2.23. The first-order chi connectivity index (χ1) is 10.6. The number of amides is 1. The Hall–Kier alpha value is -1.37. The highest BCUT2D eigenvalue weighted by atomic mass is 35.5. The van der Waals surface area contributed by atoms with E-state index in [1.54, 1.807) is 6.92 Å². The van der Waals surface area contributed by atoms with Crippen LogP contribution in [0.2, 0.25) is 5.02 Å². The Balaban J connectivity index is 1.74. The summed E-state index contributed by atoms with van der Waals surface area (Å²) >= 11 is 5.87. The third-order valence-electron chi connectivity index (χ3n) is 3.50. The van der Waals surface area contributed by atoms with Gasteiger partial charge < -0.3 is 15.4 Å². The number of benzene rings is 1. The standard InChI is InChI=1S/C15H21ClFN3O2/c1-11(22-14-3-2-12(17)10-13(14)16)15(21)19-6-9-20-7-4-18-5-8-20/h2-3,10-11,18H,4-9H2,1H3,(H,19,21). The van der Waals surface area contributed by atoms with Gasteiger partial charge in [-0.1, -0.05) is 11.6 Å². The van der Waals surface area contributed by atoms with Gasteiger partial charge in [-0.15, -0.1) is 0 Å². The topological polar surface area (TPSA) is 53.6 Å². The van der Waals surface area contributed by atoms with E-state index < -0.39 is 11.9 Å². The maximum Gasteiger partial charge on any atom is 0.260 e. The number of piperazine rings is 1. The number of ether oxygens (including phenoxy) is 1. The number of carbonyl (C=O) groups excluding carboxylic acids is 1. The number of nitrogens with zero attached hydrogens (tertiary/aromatic N) is 1. The Morgan fingerprint density at radius 1 is 1.50 bits per heavy atom. The second-order valence-electron chi connectivity index (χ2n) is 5.22. The molecule has 0 aromatic heterocycles. The Morgan fingerprint density at radius 3 is 2.91 bits per heavy atom. The van der Waals surface area contributed by atoms with Gasteiger partial charge in [0, 0.05) is 39.3 Å². The molecule has 5 nitrogen and oxygen atoms in total. The Kier molecular flexibility index (Phi) is 6.42. The van der Waals surface area contributed by atoms with Gasteiger partial charge >= 0.3 is 0 Å². The quantitative estimate of drug-likeness (QED) is 0.825. The molecule has 1 aliphatic heterocycles. The molecule has 1 aromatic rings. The summed E-state index contributed by atoms with van der Waals surface area (Å²) in [7, 11) is 0. The number of hydrogen-bond donors (Lipinski definition) is 2. The first kappa shape index (κ1) is 17.0. The monoisotopic (exact) mass is 329 g/mol. The molecule has 1 aromatic carbocycles. The van der Waals surface area contributed by atoms with Gasteiger partial charge in [0.2, 0.25) is 0 Å². The molecule has 0 bridgehead atoms. The third-order valence-corrected chi connectivity index (χ3v) is 3.80. The predicted molar refractivity (Wildman–Crippen MR) is 83.8 cm³/mol. The molecular formula is C15H21ClFN3O2. The Bertz CT molecular complexity index is 510. The second-order valence-corrected chi connectivity index (χ2v) is 5.62. The number of rotatable bonds is 6. The lowest BCUT2D eigenvalue weighted by Crippen LogP contribution is -2.47. The molecule has 1 amide bonds. The number of hydrogen-bond acceptors (Lipinski definition) is 4. The number of carbonyl (C=O) groups is 1. The van der Waals surface area contributed by atoms with Crippen LogP contribution in [0.5, 0.6) is 5.75 Å². The van der Waals surface area contributed by atoms with Crippen LogP contribution in [0, 0.1) is 5.82 Å². The summed E-state index contributed by atoms with van der Waals surface area (Å²) in [5, 5.41) is 6.27. The van der Waals surface area contributed by atoms with Crippen molar-refractivity contribution in [3.8, 4) is 5.75 Å². The van der Waals surface area contributed by atoms with Crippen LogP contribution in [0.1, 0.15) is 6.92 Å². The SMILES string of the molecule is CC(Oc1ccc(F)cc1Cl)C(=O)NCCN1CCNCC1. The highest BCUT2D eigenvalue weighted by Crippen LogP contribution is 2.25. The van der Waals surface area contributed by atoms with Crippen LogP contribution in [0.4, 0.5) is 4.39 Å². The Labute approximate surface area is 134 Å². The van der Waals surface area contributed by atoms with Crippen LogP contribution < -0.4 is 15.4 Å². The van der Waals surface area contributed by atoms with Crippen molar-refractivity contribution >= 4 is 17.5 Å². The largest absolute Gasteiger partial charge is 0.479 e. The minimum atomic E-state index is -0.689. The van der Waals surface area contributed by atoms with Gasteiger partial charge in [0.25, 0.3) is 5.91 Å². The molecule has 122 valence electrons. The maximum atomic E-state index is 13.0. The van der Waals surface area contributed by atoms with Crippen LogP contribution in [0.3, 0.4) is 0 Å². The summed E-state index contributed by atoms with van der Waals surface area (Å²) in [6, 6.07) is 3.82. The van der Waals surface area contributed by atoms with Crippen molar-refractivity contribution in [3.05, 3.63) is 29.0 Å². The molecule has 22 heavy (non-hydrogen) atoms. The average molecular weight is 330 g/mol. The van der Waals surface area contributed by atoms with Gasteiger partial charge in [-0.3, -0.25) is 9.69 Å². The van der Waals surface area contributed by atoms with Crippen molar-refractivity contribution in [1.82, 2.24) is 15.5 Å². The van der Waals surface area contributed by atoms with Gasteiger partial charge in [0.15, 0.2) is 6.10 Å². The molecule has 1 fully saturated rings. The molecular weight excluding hydrogens is 309 g/mol. The van der Waals surface area contributed by atoms with E-state index in [4.69, 9.17) is 16.3 Å². The van der Waals surface area contributed by atoms with Gasteiger partial charge in [-0.2, -0.15) is 0 Å². The first-order valence-corrected chi connectivity index (χ1v) is 7.76. The zero-order valence-electron chi connectivity index (χ0n) is 12.6. The van der Waals surface area contributed by atoms with E-state index in [0.717, 1.165) is 38.8 Å². The second kappa shape index (κ2) is 8.31. The van der Waals surface area contributed by atoms with Crippen LogP contribution in [-0.2, 0) is 4.79 Å². The summed E-state index contributed by atoms with van der Waals surface area (Å²) < 4.78 is 18.4. The summed E-state index contributed by atoms with van der Waals surface area (Å²) in [5.74, 6) is -0.353. The first-order valence-electron chi connectivity index (χ1n) is 7.39. The molecule has 2 rings (SSSR count). The lowest BCUT2D eigenvalue weighted by Gasteiger charge is -2.27. The highest BCUT2D eigenvalue weighted by Gasteiger charge is 2.16. The maximum absolute atomic E-state index is 13.0. The molecule has 2 N–H and O–H groups in total. The normalized spacial score (nSPS) is 17.0. The van der Waals surface area contributed by atoms with Gasteiger partial charge in [0.05, 0.1) is 5.02 Å². The van der Waals surface area contributed by atoms with Crippen molar-refractivity contribution in [2.45, 2.75) is 13.0 Å². The summed E-state index contributed by atoms with van der Waals surface area (Å²) in [5.41, 5.74) is 0. The van der Waals surface area contributed by atoms with E-state index in [1.807, 2.05) is 0 Å². The molecule has 1 heterocycles. The van der Waals surface area contributed by atoms with E-state index in [1.165, 1.54) is 12.1 Å². The fraction of sp³-hybridized carbons (Fsp3) is 0.533. The smallest absolute Gasteiger partial charge is 0.260 e. The molecule has 1 aliphatic rings. The Morgan fingerprint density at radius 2 is 2.23 bits per heavy atom. The molecule has 1 unspecified atom stereocenters. The van der Waals surface area contributed by atoms with E-state index in [0.29, 0.717) is 12.3 Å². The van der Waals surface area contributed by atoms with Crippen molar-refractivity contribution in [2.75, 3.05) is 39.3 Å². The van der Waals surface area contributed by atoms with Crippen LogP contribution in [0.25, 0.3) is 0 Å². The zero-order valence-corrected chi connectivity index (χ0v) is 13.3. The molecule has 0 saturated carbocycles. The molecule has 0 spiro atoms. The van der Waals surface area contributed by atoms with E-state index in [-0.39, 0.29) is 10.9 Å².